The van der Waals surface area contributed by atoms with Gasteiger partial charge in [0.1, 0.15) is 17.1 Å². The van der Waals surface area contributed by atoms with Crippen LogP contribution in [0.15, 0.2) is 54.0 Å². The highest BCUT2D eigenvalue weighted by Gasteiger charge is 2.19. The van der Waals surface area contributed by atoms with Gasteiger partial charge in [0.25, 0.3) is 0 Å². The zero-order valence-electron chi connectivity index (χ0n) is 16.3. The molecule has 0 heterocycles. The van der Waals surface area contributed by atoms with Gasteiger partial charge in [0.15, 0.2) is 0 Å². The zero-order chi connectivity index (χ0) is 19.3. The monoisotopic (exact) mass is 352 g/mol. The van der Waals surface area contributed by atoms with Gasteiger partial charge in [-0.2, -0.15) is 0 Å². The lowest BCUT2D eigenvalue weighted by Crippen LogP contribution is -2.16. The predicted octanol–water partition coefficient (Wildman–Crippen LogP) is 5.10. The van der Waals surface area contributed by atoms with E-state index in [-0.39, 0.29) is 0 Å². The molecule has 2 aromatic rings. The number of rotatable bonds is 7. The van der Waals surface area contributed by atoms with Crippen LogP contribution < -0.4 is 4.74 Å². The molecular formula is C22H28N2O2. The largest absolute Gasteiger partial charge is 0.457 e. The summed E-state index contributed by atoms with van der Waals surface area (Å²) >= 11 is 0. The summed E-state index contributed by atoms with van der Waals surface area (Å²) in [6.45, 7) is 12.4. The maximum Gasteiger partial charge on any atom is 0.130 e. The molecule has 2 rings (SSSR count). The van der Waals surface area contributed by atoms with Crippen molar-refractivity contribution < 1.29 is 9.84 Å². The molecule has 0 aliphatic carbocycles. The van der Waals surface area contributed by atoms with Crippen LogP contribution in [0.4, 0.5) is 5.69 Å². The summed E-state index contributed by atoms with van der Waals surface area (Å²) in [5.74, 6) is 1.45. The van der Waals surface area contributed by atoms with E-state index in [1.807, 2.05) is 68.5 Å². The second kappa shape index (κ2) is 8.19. The van der Waals surface area contributed by atoms with E-state index < -0.39 is 5.60 Å². The van der Waals surface area contributed by atoms with Crippen LogP contribution in [0.25, 0.3) is 0 Å². The van der Waals surface area contributed by atoms with Crippen LogP contribution in [0.2, 0.25) is 0 Å². The average Bonchev–Trinajstić information content (AvgIpc) is 2.63. The number of benzene rings is 2. The zero-order valence-corrected chi connectivity index (χ0v) is 16.3. The molecule has 0 spiro atoms. The van der Waals surface area contributed by atoms with E-state index >= 15 is 0 Å². The van der Waals surface area contributed by atoms with Gasteiger partial charge in [0.2, 0.25) is 0 Å². The Bertz CT molecular complexity index is 810. The molecule has 0 bridgehead atoms. The molecule has 0 aliphatic rings. The van der Waals surface area contributed by atoms with Crippen molar-refractivity contribution in [2.24, 2.45) is 4.99 Å². The van der Waals surface area contributed by atoms with E-state index in [1.54, 1.807) is 6.92 Å². The van der Waals surface area contributed by atoms with E-state index in [2.05, 4.69) is 18.5 Å². The van der Waals surface area contributed by atoms with Gasteiger partial charge < -0.3 is 14.7 Å². The van der Waals surface area contributed by atoms with Crippen molar-refractivity contribution in [3.8, 4) is 11.5 Å². The van der Waals surface area contributed by atoms with Crippen LogP contribution >= 0.6 is 0 Å². The van der Waals surface area contributed by atoms with Crippen LogP contribution in [-0.4, -0.2) is 29.9 Å². The van der Waals surface area contributed by atoms with E-state index in [9.17, 15) is 5.11 Å². The van der Waals surface area contributed by atoms with E-state index in [0.717, 1.165) is 34.7 Å². The smallest absolute Gasteiger partial charge is 0.130 e. The van der Waals surface area contributed by atoms with Crippen molar-refractivity contribution in [3.05, 3.63) is 65.7 Å². The number of hydrogen-bond acceptors (Lipinski definition) is 3. The van der Waals surface area contributed by atoms with Gasteiger partial charge in [-0.15, -0.1) is 0 Å². The molecule has 0 aliphatic heterocycles. The Hall–Kier alpha value is -2.59. The minimum atomic E-state index is -1.09. The molecule has 1 atom stereocenters. The molecule has 26 heavy (non-hydrogen) atoms. The molecule has 0 amide bonds. The molecule has 0 aromatic heterocycles. The van der Waals surface area contributed by atoms with Gasteiger partial charge >= 0.3 is 0 Å². The normalized spacial score (nSPS) is 13.5. The fourth-order valence-corrected chi connectivity index (χ4v) is 2.39. The topological polar surface area (TPSA) is 45.1 Å². The minimum Gasteiger partial charge on any atom is -0.457 e. The van der Waals surface area contributed by atoms with Gasteiger partial charge in [0.05, 0.1) is 12.0 Å². The van der Waals surface area contributed by atoms with E-state index in [4.69, 9.17) is 4.74 Å². The molecule has 1 N–H and O–H groups in total. The number of aliphatic imine (C=N–C) groups is 1. The molecule has 4 heteroatoms. The average molecular weight is 352 g/mol. The fraction of sp³-hybridized carbons (Fsp3) is 0.318. The summed E-state index contributed by atoms with van der Waals surface area (Å²) in [6.07, 6.45) is 3.35. The Morgan fingerprint density at radius 3 is 2.62 bits per heavy atom. The van der Waals surface area contributed by atoms with Gasteiger partial charge in [-0.25, -0.2) is 4.99 Å². The Morgan fingerprint density at radius 2 is 1.96 bits per heavy atom. The Balaban J connectivity index is 2.28. The number of hydrogen-bond donors (Lipinski definition) is 1. The van der Waals surface area contributed by atoms with Gasteiger partial charge in [0, 0.05) is 13.6 Å². The second-order valence-electron chi connectivity index (χ2n) is 6.70. The summed E-state index contributed by atoms with van der Waals surface area (Å²) in [4.78, 5) is 6.57. The highest BCUT2D eigenvalue weighted by Crippen LogP contribution is 2.33. The van der Waals surface area contributed by atoms with Crippen molar-refractivity contribution >= 4 is 12.0 Å². The summed E-state index contributed by atoms with van der Waals surface area (Å²) in [6, 6.07) is 11.4. The van der Waals surface area contributed by atoms with Crippen LogP contribution in [0.3, 0.4) is 0 Å². The Kier molecular flexibility index (Phi) is 6.22. The van der Waals surface area contributed by atoms with Crippen molar-refractivity contribution in [1.29, 1.82) is 0 Å². The van der Waals surface area contributed by atoms with Crippen molar-refractivity contribution in [2.45, 2.75) is 33.3 Å². The summed E-state index contributed by atoms with van der Waals surface area (Å²) in [5, 5.41) is 10.4. The van der Waals surface area contributed by atoms with Crippen LogP contribution in [0.1, 0.15) is 30.5 Å². The lowest BCUT2D eigenvalue weighted by Gasteiger charge is -2.20. The highest BCUT2D eigenvalue weighted by molar-refractivity contribution is 5.64. The third-order valence-corrected chi connectivity index (χ3v) is 4.43. The number of nitrogens with zero attached hydrogens (tertiary/aromatic N) is 2. The fourth-order valence-electron chi connectivity index (χ4n) is 2.39. The molecule has 1 unspecified atom stereocenters. The molecule has 0 saturated carbocycles. The first kappa shape index (κ1) is 19.7. The Labute approximate surface area is 156 Å². The predicted molar refractivity (Wildman–Crippen MR) is 109 cm³/mol. The second-order valence-corrected chi connectivity index (χ2v) is 6.70. The lowest BCUT2D eigenvalue weighted by molar-refractivity contribution is 0.111. The van der Waals surface area contributed by atoms with Crippen molar-refractivity contribution in [2.75, 3.05) is 13.6 Å². The number of aryl methyl sites for hydroxylation is 2. The summed E-state index contributed by atoms with van der Waals surface area (Å²) in [5.41, 5.74) is 2.62. The summed E-state index contributed by atoms with van der Waals surface area (Å²) in [7, 11) is 1.99. The lowest BCUT2D eigenvalue weighted by atomic mass is 9.96. The third kappa shape index (κ3) is 4.73. The molecule has 0 fully saturated rings. The molecule has 0 saturated heterocycles. The van der Waals surface area contributed by atoms with Gasteiger partial charge in [-0.1, -0.05) is 24.8 Å². The van der Waals surface area contributed by atoms with Crippen molar-refractivity contribution in [3.63, 3.8) is 0 Å². The first-order valence-electron chi connectivity index (χ1n) is 8.77. The maximum atomic E-state index is 10.4. The van der Waals surface area contributed by atoms with Crippen molar-refractivity contribution in [1.82, 2.24) is 4.90 Å². The standard InChI is InChI=1S/C22H28N2O2/c1-7-22(5,25)18-10-9-11-19(14-18)26-21-13-16(3)20(12-17(21)4)23-15-24(6)8-2/h7,9-15,25H,1,8H2,2-6H3. The van der Waals surface area contributed by atoms with Gasteiger partial charge in [-0.05, 0) is 68.7 Å². The molecule has 2 aromatic carbocycles. The maximum absolute atomic E-state index is 10.4. The number of ether oxygens (including phenoxy) is 1. The molecule has 4 nitrogen and oxygen atoms in total. The Morgan fingerprint density at radius 1 is 1.23 bits per heavy atom. The quantitative estimate of drug-likeness (QED) is 0.428. The number of aliphatic hydroxyl groups is 1. The van der Waals surface area contributed by atoms with Crippen LogP contribution in [0.5, 0.6) is 11.5 Å². The van der Waals surface area contributed by atoms with Gasteiger partial charge in [-0.3, -0.25) is 0 Å². The first-order chi connectivity index (χ1) is 12.3. The highest BCUT2D eigenvalue weighted by atomic mass is 16.5. The van der Waals surface area contributed by atoms with E-state index in [1.165, 1.54) is 6.08 Å². The van der Waals surface area contributed by atoms with E-state index in [0.29, 0.717) is 5.75 Å². The molecule has 138 valence electrons. The molecular weight excluding hydrogens is 324 g/mol. The first-order valence-corrected chi connectivity index (χ1v) is 8.77. The minimum absolute atomic E-state index is 0.675. The summed E-state index contributed by atoms with van der Waals surface area (Å²) < 4.78 is 6.06. The van der Waals surface area contributed by atoms with Crippen LogP contribution in [-0.2, 0) is 5.60 Å². The molecule has 0 radical (unpaired) electrons. The van der Waals surface area contributed by atoms with Crippen LogP contribution in [0, 0.1) is 13.8 Å². The third-order valence-electron chi connectivity index (χ3n) is 4.43. The SMILES string of the molecule is C=CC(C)(O)c1cccc(Oc2cc(C)c(N=CN(C)CC)cc2C)c1.